The molecule has 5 saturated heterocycles. The molecule has 16 heterocycles. The molecule has 11 aromatic heterocycles. The van der Waals surface area contributed by atoms with E-state index in [0.29, 0.717) is 91.4 Å². The minimum atomic E-state index is -0.361. The molecule has 24 nitrogen and oxygen atoms in total. The molecule has 0 atom stereocenters. The van der Waals surface area contributed by atoms with Crippen LogP contribution < -0.4 is 27.8 Å². The summed E-state index contributed by atoms with van der Waals surface area (Å²) in [5.74, 6) is 2.10. The zero-order valence-corrected chi connectivity index (χ0v) is 69.3. The summed E-state index contributed by atoms with van der Waals surface area (Å²) in [6.07, 6.45) is 23.3. The summed E-state index contributed by atoms with van der Waals surface area (Å²) in [5, 5.41) is 17.1. The zero-order valence-electron chi connectivity index (χ0n) is 69.3. The molecular formula is C96H99N15O9. The molecule has 0 bridgehead atoms. The second-order valence-corrected chi connectivity index (χ2v) is 33.8. The first kappa shape index (κ1) is 78.0. The van der Waals surface area contributed by atoms with Crippen LogP contribution in [0.15, 0.2) is 195 Å². The molecule has 6 aliphatic rings. The SMILES string of the molecule is CCN1CCC(c2ccc3cc(-c4cc5c(C)nc(C)cn5n4)c(=O)oc3c2)CC1.Cc1cn2cc(-c3cc4ccc(C5CCN(C6CC6)CC5)cc4oc3=O)nc2c(C)n1.Cc1cn2cc(-c3cc4ccc(C5CCN(C6COC6)CC5)cc4oc3=O)nc2c(C)n1.Cn1cc2cc(-c3cc4ccc(C5CCNCC5)cc4oc3=O)ccc2n1. The van der Waals surface area contributed by atoms with Gasteiger partial charge in [0.2, 0.25) is 0 Å². The van der Waals surface area contributed by atoms with Crippen LogP contribution in [0.4, 0.5) is 0 Å². The van der Waals surface area contributed by atoms with Crippen LogP contribution in [0.5, 0.6) is 0 Å². The van der Waals surface area contributed by atoms with Crippen LogP contribution in [0.2, 0.25) is 0 Å². The topological polar surface area (TPSA) is 260 Å². The largest absolute Gasteiger partial charge is 0.422 e. The number of benzene rings is 5. The van der Waals surface area contributed by atoms with E-state index in [0.717, 1.165) is 193 Å². The van der Waals surface area contributed by atoms with Crippen molar-refractivity contribution in [3.8, 4) is 44.9 Å². The van der Waals surface area contributed by atoms with Crippen LogP contribution in [-0.2, 0) is 11.8 Å². The van der Waals surface area contributed by atoms with E-state index in [4.69, 9.17) is 22.4 Å². The van der Waals surface area contributed by atoms with Gasteiger partial charge >= 0.3 is 22.5 Å². The Labute approximate surface area is 692 Å². The normalized spacial score (nSPS) is 17.1. The number of hydrogen-bond acceptors (Lipinski definition) is 20. The van der Waals surface area contributed by atoms with E-state index in [1.807, 2.05) is 161 Å². The van der Waals surface area contributed by atoms with Gasteiger partial charge in [0.15, 0.2) is 11.3 Å². The predicted molar refractivity (Wildman–Crippen MR) is 468 cm³/mol. The standard InChI is InChI=1S/C25H26N4O3.C25H26N4O2.C24H26N4O2.C22H21N3O2/c1-15-11-29-12-22(27-24(29)16(2)26-15)21-9-19-4-3-18(10-23(19)32-25(21)30)17-5-7-28(8-6-17)20-13-31-14-20;1-15-13-29-14-22(27-24(29)16(2)26-15)21-11-19-4-3-18(12-23(19)31-25(21)30)17-7-9-28(10-8-17)20-5-6-20;1-4-27-9-7-17(8-10-27)18-5-6-19-11-20(24(29)30-23(19)12-18)21-13-22-16(3)25-15(2)14-28(22)26-21;1-25-13-18-10-16(4-5-20(18)24-25)19-11-17-3-2-15(12-21(17)27-22(19)26)14-6-8-23-9-7-14/h3-4,9-12,17,20H,5-8,13-14H2,1-2H3;3-4,11-14,17,20H,5-10H2,1-2H3;5-6,11-14,17H,4,7-10H2,1-3H3;2-5,10-14,23H,6-9H2,1H3. The first-order valence-corrected chi connectivity index (χ1v) is 42.5. The molecule has 24 heteroatoms. The fraction of sp³-hybridized carbons (Fsp3) is 0.365. The Morgan fingerprint density at radius 2 is 0.817 bits per heavy atom. The van der Waals surface area contributed by atoms with Gasteiger partial charge in [0.05, 0.1) is 104 Å². The number of rotatable bonds is 11. The number of likely N-dealkylation sites (tertiary alicyclic amines) is 3. The van der Waals surface area contributed by atoms with E-state index in [-0.39, 0.29) is 22.5 Å². The van der Waals surface area contributed by atoms with Crippen LogP contribution in [0, 0.1) is 41.5 Å². The molecule has 120 heavy (non-hydrogen) atoms. The average Bonchev–Trinajstić information content (AvgIpc) is 1.55. The van der Waals surface area contributed by atoms with Gasteiger partial charge in [0, 0.05) is 71.0 Å². The first-order chi connectivity index (χ1) is 58.3. The van der Waals surface area contributed by atoms with Gasteiger partial charge in [0.1, 0.15) is 28.0 Å². The van der Waals surface area contributed by atoms with Crippen LogP contribution in [0.1, 0.15) is 151 Å². The molecule has 0 radical (unpaired) electrons. The number of piperidine rings is 4. The van der Waals surface area contributed by atoms with Gasteiger partial charge in [0.25, 0.3) is 0 Å². The highest BCUT2D eigenvalue weighted by Gasteiger charge is 2.34. The Hall–Kier alpha value is -11.9. The van der Waals surface area contributed by atoms with Crippen LogP contribution in [0.3, 0.4) is 0 Å². The van der Waals surface area contributed by atoms with E-state index in [2.05, 4.69) is 117 Å². The number of imidazole rings is 2. The molecule has 0 unspecified atom stereocenters. The lowest BCUT2D eigenvalue weighted by Crippen LogP contribution is -2.51. The molecule has 22 rings (SSSR count). The van der Waals surface area contributed by atoms with E-state index in [1.165, 1.54) is 61.0 Å². The van der Waals surface area contributed by atoms with E-state index in [1.54, 1.807) is 9.20 Å². The maximum absolute atomic E-state index is 12.9. The molecule has 6 fully saturated rings. The lowest BCUT2D eigenvalue weighted by atomic mass is 9.88. The van der Waals surface area contributed by atoms with E-state index >= 15 is 0 Å². The van der Waals surface area contributed by atoms with Gasteiger partial charge in [-0.3, -0.25) is 24.5 Å². The van der Waals surface area contributed by atoms with Crippen molar-refractivity contribution in [2.75, 3.05) is 72.1 Å². The molecule has 0 spiro atoms. The average molecular weight is 1610 g/mol. The Morgan fingerprint density at radius 3 is 1.27 bits per heavy atom. The molecule has 1 N–H and O–H groups in total. The molecule has 1 aliphatic carbocycles. The lowest BCUT2D eigenvalue weighted by molar-refractivity contribution is -0.0712. The Kier molecular flexibility index (Phi) is 21.2. The summed E-state index contributed by atoms with van der Waals surface area (Å²) < 4.78 is 35.7. The summed E-state index contributed by atoms with van der Waals surface area (Å²) in [4.78, 5) is 81.5. The third-order valence-corrected chi connectivity index (χ3v) is 25.5. The number of nitrogens with one attached hydrogen (secondary N) is 1. The van der Waals surface area contributed by atoms with Gasteiger partial charge in [-0.15, -0.1) is 0 Å². The van der Waals surface area contributed by atoms with Crippen LogP contribution in [-0.4, -0.2) is 152 Å². The van der Waals surface area contributed by atoms with Crippen molar-refractivity contribution >= 4 is 71.6 Å². The van der Waals surface area contributed by atoms with Gasteiger partial charge in [-0.2, -0.15) is 10.2 Å². The molecule has 1 saturated carbocycles. The predicted octanol–water partition coefficient (Wildman–Crippen LogP) is 16.3. The van der Waals surface area contributed by atoms with Crippen LogP contribution >= 0.6 is 0 Å². The summed E-state index contributed by atoms with van der Waals surface area (Å²) in [7, 11) is 1.89. The Bertz CT molecular complexity index is 6870. The first-order valence-electron chi connectivity index (χ1n) is 42.5. The minimum Gasteiger partial charge on any atom is -0.422 e. The summed E-state index contributed by atoms with van der Waals surface area (Å²) in [6.45, 7) is 25.6. The van der Waals surface area contributed by atoms with Crippen molar-refractivity contribution in [2.24, 2.45) is 7.05 Å². The van der Waals surface area contributed by atoms with Gasteiger partial charge in [-0.25, -0.2) is 33.7 Å². The second-order valence-electron chi connectivity index (χ2n) is 33.8. The number of aryl methyl sites for hydroxylation is 7. The van der Waals surface area contributed by atoms with E-state index in [9.17, 15) is 19.2 Å². The summed E-state index contributed by atoms with van der Waals surface area (Å²) >= 11 is 0. The van der Waals surface area contributed by atoms with Crippen molar-refractivity contribution in [3.63, 3.8) is 0 Å². The smallest absolute Gasteiger partial charge is 0.345 e. The molecule has 5 aromatic carbocycles. The highest BCUT2D eigenvalue weighted by Crippen LogP contribution is 2.39. The van der Waals surface area contributed by atoms with E-state index < -0.39 is 0 Å². The van der Waals surface area contributed by atoms with Crippen LogP contribution in [0.25, 0.3) is 116 Å². The highest BCUT2D eigenvalue weighted by molar-refractivity contribution is 5.88. The quantitative estimate of drug-likeness (QED) is 0.118. The molecule has 0 amide bonds. The van der Waals surface area contributed by atoms with Crippen molar-refractivity contribution in [1.29, 1.82) is 0 Å². The third kappa shape index (κ3) is 16.1. The number of nitrogens with zero attached hydrogens (tertiary/aromatic N) is 14. The Morgan fingerprint density at radius 1 is 0.392 bits per heavy atom. The van der Waals surface area contributed by atoms with Crippen molar-refractivity contribution < 1.29 is 22.4 Å². The fourth-order valence-electron chi connectivity index (χ4n) is 18.7. The highest BCUT2D eigenvalue weighted by atomic mass is 16.5. The summed E-state index contributed by atoms with van der Waals surface area (Å²) in [6, 6.07) is 42.0. The maximum Gasteiger partial charge on any atom is 0.345 e. The molecule has 16 aromatic rings. The minimum absolute atomic E-state index is 0.298. The van der Waals surface area contributed by atoms with Crippen molar-refractivity contribution in [3.05, 3.63) is 257 Å². The molecule has 5 aliphatic heterocycles. The van der Waals surface area contributed by atoms with Gasteiger partial charge < -0.3 is 46.3 Å². The van der Waals surface area contributed by atoms with Crippen molar-refractivity contribution in [2.45, 2.75) is 148 Å². The second kappa shape index (κ2) is 32.7. The maximum atomic E-state index is 12.9. The fourth-order valence-corrected chi connectivity index (χ4v) is 18.7. The number of fused-ring (bicyclic) bond motifs is 8. The number of ether oxygens (including phenoxy) is 1. The number of hydrogen-bond donors (Lipinski definition) is 1. The molecular weight excluding hydrogens is 1510 g/mol. The Balaban J connectivity index is 0.000000106. The van der Waals surface area contributed by atoms with Gasteiger partial charge in [-0.05, 0) is 283 Å². The third-order valence-electron chi connectivity index (χ3n) is 25.5. The lowest BCUT2D eigenvalue weighted by Gasteiger charge is -2.41. The molecule has 612 valence electrons. The monoisotopic (exact) mass is 1610 g/mol. The summed E-state index contributed by atoms with van der Waals surface area (Å²) in [5.41, 5.74) is 19.6. The van der Waals surface area contributed by atoms with Gasteiger partial charge in [-0.1, -0.05) is 61.5 Å². The number of aromatic nitrogens is 11. The van der Waals surface area contributed by atoms with Crippen molar-refractivity contribution in [1.82, 2.24) is 73.1 Å². The zero-order chi connectivity index (χ0) is 82.1.